The van der Waals surface area contributed by atoms with Gasteiger partial charge in [-0.2, -0.15) is 4.68 Å². The zero-order valence-corrected chi connectivity index (χ0v) is 15.0. The first-order valence-electron chi connectivity index (χ1n) is 8.60. The molecule has 25 heavy (non-hydrogen) atoms. The summed E-state index contributed by atoms with van der Waals surface area (Å²) in [6.07, 6.45) is 0.855. The fourth-order valence-corrected chi connectivity index (χ4v) is 2.87. The van der Waals surface area contributed by atoms with Crippen LogP contribution in [0, 0.1) is 0 Å². The van der Waals surface area contributed by atoms with Crippen molar-refractivity contribution in [2.75, 3.05) is 20.6 Å². The minimum absolute atomic E-state index is 0.0957. The van der Waals surface area contributed by atoms with Crippen molar-refractivity contribution in [2.45, 2.75) is 19.9 Å². The van der Waals surface area contributed by atoms with Gasteiger partial charge in [0.2, 0.25) is 0 Å². The predicted molar refractivity (Wildman–Crippen MR) is 101 cm³/mol. The number of aryl methyl sites for hydroxylation is 1. The lowest BCUT2D eigenvalue weighted by atomic mass is 10.1. The molecule has 2 aromatic carbocycles. The molecule has 1 aromatic heterocycles. The normalized spacial score (nSPS) is 11.2. The van der Waals surface area contributed by atoms with E-state index < -0.39 is 0 Å². The van der Waals surface area contributed by atoms with E-state index in [0.29, 0.717) is 12.4 Å². The Morgan fingerprint density at radius 2 is 1.68 bits per heavy atom. The number of hydrogen-bond acceptors (Lipinski definition) is 3. The van der Waals surface area contributed by atoms with Crippen LogP contribution in [0.1, 0.15) is 12.5 Å². The quantitative estimate of drug-likeness (QED) is 0.695. The summed E-state index contributed by atoms with van der Waals surface area (Å²) in [6.45, 7) is 3.47. The maximum atomic E-state index is 13.1. The molecular weight excluding hydrogens is 312 g/mol. The SMILES string of the molecule is CCc1ccccc1-n1nc(-c2ccccc2)n(CCN(C)C)c1=O. The molecule has 1 heterocycles. The van der Waals surface area contributed by atoms with E-state index in [4.69, 9.17) is 0 Å². The van der Waals surface area contributed by atoms with Crippen LogP contribution in [0.4, 0.5) is 0 Å². The number of benzene rings is 2. The first-order chi connectivity index (χ1) is 12.1. The molecule has 3 aromatic rings. The second-order valence-corrected chi connectivity index (χ2v) is 6.32. The third-order valence-electron chi connectivity index (χ3n) is 4.27. The van der Waals surface area contributed by atoms with E-state index in [1.165, 1.54) is 4.68 Å². The highest BCUT2D eigenvalue weighted by Crippen LogP contribution is 2.18. The van der Waals surface area contributed by atoms with Crippen LogP contribution < -0.4 is 5.69 Å². The Morgan fingerprint density at radius 3 is 2.36 bits per heavy atom. The molecule has 0 aliphatic rings. The maximum absolute atomic E-state index is 13.1. The topological polar surface area (TPSA) is 43.1 Å². The molecule has 0 aliphatic heterocycles. The number of hydrogen-bond donors (Lipinski definition) is 0. The number of para-hydroxylation sites is 1. The molecule has 5 nitrogen and oxygen atoms in total. The lowest BCUT2D eigenvalue weighted by Gasteiger charge is -2.10. The predicted octanol–water partition coefficient (Wildman–Crippen LogP) is 2.83. The van der Waals surface area contributed by atoms with E-state index in [0.717, 1.165) is 29.8 Å². The zero-order valence-electron chi connectivity index (χ0n) is 15.0. The van der Waals surface area contributed by atoms with Crippen LogP contribution in [0.15, 0.2) is 59.4 Å². The molecule has 0 unspecified atom stereocenters. The van der Waals surface area contributed by atoms with Crippen molar-refractivity contribution < 1.29 is 0 Å². The third-order valence-corrected chi connectivity index (χ3v) is 4.27. The van der Waals surface area contributed by atoms with E-state index >= 15 is 0 Å². The summed E-state index contributed by atoms with van der Waals surface area (Å²) in [5.41, 5.74) is 2.82. The molecule has 0 atom stereocenters. The smallest absolute Gasteiger partial charge is 0.308 e. The van der Waals surface area contributed by atoms with Crippen molar-refractivity contribution >= 4 is 0 Å². The van der Waals surface area contributed by atoms with Gasteiger partial charge in [0.15, 0.2) is 5.82 Å². The summed E-state index contributed by atoms with van der Waals surface area (Å²) in [7, 11) is 4.01. The second-order valence-electron chi connectivity index (χ2n) is 6.32. The Hall–Kier alpha value is -2.66. The van der Waals surface area contributed by atoms with Crippen molar-refractivity contribution in [1.29, 1.82) is 0 Å². The summed E-state index contributed by atoms with van der Waals surface area (Å²) in [4.78, 5) is 15.2. The van der Waals surface area contributed by atoms with Gasteiger partial charge >= 0.3 is 5.69 Å². The molecule has 0 radical (unpaired) electrons. The number of aromatic nitrogens is 3. The van der Waals surface area contributed by atoms with Gasteiger partial charge in [-0.1, -0.05) is 55.5 Å². The van der Waals surface area contributed by atoms with Gasteiger partial charge in [0.05, 0.1) is 5.69 Å². The van der Waals surface area contributed by atoms with E-state index in [2.05, 4.69) is 16.9 Å². The average Bonchev–Trinajstić information content (AvgIpc) is 2.97. The summed E-state index contributed by atoms with van der Waals surface area (Å²) in [5, 5.41) is 4.69. The third kappa shape index (κ3) is 3.56. The molecular formula is C20H24N4O. The number of nitrogens with zero attached hydrogens (tertiary/aromatic N) is 4. The fraction of sp³-hybridized carbons (Fsp3) is 0.300. The number of likely N-dealkylation sites (N-methyl/N-ethyl adjacent to an activating group) is 1. The Kier molecular flexibility index (Phi) is 5.14. The Bertz CT molecular complexity index is 894. The van der Waals surface area contributed by atoms with Crippen molar-refractivity contribution in [3.8, 4) is 17.1 Å². The Balaban J connectivity index is 2.16. The van der Waals surface area contributed by atoms with Crippen LogP contribution in [-0.4, -0.2) is 39.9 Å². The first kappa shape index (κ1) is 17.2. The average molecular weight is 336 g/mol. The van der Waals surface area contributed by atoms with Gasteiger partial charge in [0, 0.05) is 18.7 Å². The largest absolute Gasteiger partial charge is 0.351 e. The zero-order chi connectivity index (χ0) is 17.8. The molecule has 0 saturated carbocycles. The van der Waals surface area contributed by atoms with Crippen molar-refractivity contribution in [1.82, 2.24) is 19.2 Å². The number of rotatable bonds is 6. The molecule has 0 bridgehead atoms. The summed E-state index contributed by atoms with van der Waals surface area (Å²) >= 11 is 0. The molecule has 5 heteroatoms. The van der Waals surface area contributed by atoms with Gasteiger partial charge in [-0.05, 0) is 32.1 Å². The monoisotopic (exact) mass is 336 g/mol. The minimum Gasteiger partial charge on any atom is -0.308 e. The van der Waals surface area contributed by atoms with E-state index in [1.54, 1.807) is 4.57 Å². The van der Waals surface area contributed by atoms with Gasteiger partial charge in [-0.3, -0.25) is 4.57 Å². The molecule has 0 aliphatic carbocycles. The standard InChI is InChI=1S/C20H24N4O/c1-4-16-10-8-9-13-18(16)24-20(25)23(15-14-22(2)3)19(21-24)17-11-6-5-7-12-17/h5-13H,4,14-15H2,1-3H3. The molecule has 0 saturated heterocycles. The van der Waals surface area contributed by atoms with Gasteiger partial charge < -0.3 is 4.90 Å². The highest BCUT2D eigenvalue weighted by atomic mass is 16.2. The Labute approximate surface area is 148 Å². The van der Waals surface area contributed by atoms with E-state index in [1.807, 2.05) is 68.7 Å². The van der Waals surface area contributed by atoms with E-state index in [-0.39, 0.29) is 5.69 Å². The highest BCUT2D eigenvalue weighted by molar-refractivity contribution is 5.55. The maximum Gasteiger partial charge on any atom is 0.351 e. The van der Waals surface area contributed by atoms with Crippen LogP contribution in [0.2, 0.25) is 0 Å². The lowest BCUT2D eigenvalue weighted by Crippen LogP contribution is -2.28. The van der Waals surface area contributed by atoms with Crippen molar-refractivity contribution in [2.24, 2.45) is 0 Å². The van der Waals surface area contributed by atoms with Crippen LogP contribution in [0.5, 0.6) is 0 Å². The second kappa shape index (κ2) is 7.49. The van der Waals surface area contributed by atoms with E-state index in [9.17, 15) is 4.79 Å². The van der Waals surface area contributed by atoms with Gasteiger partial charge in [-0.15, -0.1) is 5.10 Å². The molecule has 130 valence electrons. The summed E-state index contributed by atoms with van der Waals surface area (Å²) in [6, 6.07) is 17.8. The molecule has 0 fully saturated rings. The lowest BCUT2D eigenvalue weighted by molar-refractivity contribution is 0.381. The van der Waals surface area contributed by atoms with Crippen molar-refractivity contribution in [3.05, 3.63) is 70.6 Å². The molecule has 3 rings (SSSR count). The van der Waals surface area contributed by atoms with Gasteiger partial charge in [-0.25, -0.2) is 4.79 Å². The highest BCUT2D eigenvalue weighted by Gasteiger charge is 2.17. The molecule has 0 amide bonds. The van der Waals surface area contributed by atoms with Crippen LogP contribution >= 0.6 is 0 Å². The van der Waals surface area contributed by atoms with Gasteiger partial charge in [0.25, 0.3) is 0 Å². The molecule has 0 N–H and O–H groups in total. The minimum atomic E-state index is -0.0957. The van der Waals surface area contributed by atoms with Gasteiger partial charge in [0.1, 0.15) is 0 Å². The van der Waals surface area contributed by atoms with Crippen LogP contribution in [-0.2, 0) is 13.0 Å². The summed E-state index contributed by atoms with van der Waals surface area (Å²) < 4.78 is 3.30. The Morgan fingerprint density at radius 1 is 1.00 bits per heavy atom. The first-order valence-corrected chi connectivity index (χ1v) is 8.60. The summed E-state index contributed by atoms with van der Waals surface area (Å²) in [5.74, 6) is 0.707. The molecule has 0 spiro atoms. The van der Waals surface area contributed by atoms with Crippen LogP contribution in [0.25, 0.3) is 17.1 Å². The fourth-order valence-electron chi connectivity index (χ4n) is 2.87. The van der Waals surface area contributed by atoms with Crippen LogP contribution in [0.3, 0.4) is 0 Å². The van der Waals surface area contributed by atoms with Crippen molar-refractivity contribution in [3.63, 3.8) is 0 Å².